The van der Waals surface area contributed by atoms with Crippen LogP contribution < -0.4 is 4.74 Å². The summed E-state index contributed by atoms with van der Waals surface area (Å²) in [7, 11) is 0. The third-order valence-corrected chi connectivity index (χ3v) is 9.55. The molecule has 1 saturated heterocycles. The topological polar surface area (TPSA) is 27.7 Å². The maximum Gasteiger partial charge on any atom is 0.400 e. The molecule has 0 radical (unpaired) electrons. The van der Waals surface area contributed by atoms with Gasteiger partial charge in [-0.2, -0.15) is 8.78 Å². The molecule has 3 aliphatic rings. The first-order valence-corrected chi connectivity index (χ1v) is 15.3. The van der Waals surface area contributed by atoms with Gasteiger partial charge in [-0.3, -0.25) is 0 Å². The summed E-state index contributed by atoms with van der Waals surface area (Å²) in [5.41, 5.74) is 1.45. The van der Waals surface area contributed by atoms with Crippen LogP contribution in [0.15, 0.2) is 48.6 Å². The standard InChI is InChI=1S/C33H39ClF4O3/c1-2-3-4-21-19-39-32(40-20-21)25-11-15-28(30(35)17-25)24-7-5-22(6-8-24)23-9-12-26(13-10-23)33(37,38)41-27-14-16-29(34)31(36)18-27/h2-3,11,14-18,21-24,26,32H,4-10,12-13,19-20H2,1H3. The average molecular weight is 595 g/mol. The fourth-order valence-electron chi connectivity index (χ4n) is 6.83. The molecule has 2 aromatic rings. The van der Waals surface area contributed by atoms with Crippen molar-refractivity contribution >= 4 is 11.6 Å². The Morgan fingerprint density at radius 3 is 2.15 bits per heavy atom. The Kier molecular flexibility index (Phi) is 9.98. The lowest BCUT2D eigenvalue weighted by Gasteiger charge is -2.39. The number of benzene rings is 2. The maximum absolute atomic E-state index is 15.2. The molecule has 3 fully saturated rings. The number of rotatable bonds is 8. The van der Waals surface area contributed by atoms with Crippen molar-refractivity contribution in [2.45, 2.75) is 83.0 Å². The highest BCUT2D eigenvalue weighted by atomic mass is 35.5. The molecule has 1 aliphatic heterocycles. The van der Waals surface area contributed by atoms with Gasteiger partial charge in [0.05, 0.1) is 24.2 Å². The van der Waals surface area contributed by atoms with E-state index in [9.17, 15) is 13.2 Å². The molecule has 224 valence electrons. The van der Waals surface area contributed by atoms with E-state index in [0.29, 0.717) is 62.2 Å². The van der Waals surface area contributed by atoms with E-state index in [2.05, 4.69) is 6.08 Å². The van der Waals surface area contributed by atoms with Crippen molar-refractivity contribution in [2.24, 2.45) is 23.7 Å². The lowest BCUT2D eigenvalue weighted by Crippen LogP contribution is -2.38. The summed E-state index contributed by atoms with van der Waals surface area (Å²) in [5, 5.41) is -0.131. The van der Waals surface area contributed by atoms with Crippen molar-refractivity contribution in [2.75, 3.05) is 13.2 Å². The van der Waals surface area contributed by atoms with Crippen molar-refractivity contribution in [3.05, 3.63) is 76.3 Å². The zero-order valence-corrected chi connectivity index (χ0v) is 24.2. The van der Waals surface area contributed by atoms with Gasteiger partial charge in [0.1, 0.15) is 17.4 Å². The molecular weight excluding hydrogens is 556 g/mol. The minimum atomic E-state index is -3.37. The van der Waals surface area contributed by atoms with Crippen molar-refractivity contribution < 1.29 is 31.8 Å². The van der Waals surface area contributed by atoms with Crippen LogP contribution in [0.2, 0.25) is 5.02 Å². The number of halogens is 5. The van der Waals surface area contributed by atoms with E-state index in [4.69, 9.17) is 25.8 Å². The van der Waals surface area contributed by atoms with Crippen LogP contribution in [-0.4, -0.2) is 19.3 Å². The Morgan fingerprint density at radius 2 is 1.54 bits per heavy atom. The van der Waals surface area contributed by atoms with Gasteiger partial charge in [-0.25, -0.2) is 8.78 Å². The van der Waals surface area contributed by atoms with Gasteiger partial charge in [-0.1, -0.05) is 35.9 Å². The lowest BCUT2D eigenvalue weighted by molar-refractivity contribution is -0.224. The number of ether oxygens (including phenoxy) is 3. The largest absolute Gasteiger partial charge is 0.432 e. The van der Waals surface area contributed by atoms with Crippen LogP contribution in [-0.2, 0) is 9.47 Å². The Morgan fingerprint density at radius 1 is 0.878 bits per heavy atom. The molecule has 0 bridgehead atoms. The fraction of sp³-hybridized carbons (Fsp3) is 0.576. The molecule has 41 heavy (non-hydrogen) atoms. The highest BCUT2D eigenvalue weighted by Gasteiger charge is 2.45. The van der Waals surface area contributed by atoms with Crippen molar-refractivity contribution in [3.8, 4) is 5.75 Å². The van der Waals surface area contributed by atoms with E-state index in [1.165, 1.54) is 12.1 Å². The molecule has 0 spiro atoms. The van der Waals surface area contributed by atoms with Gasteiger partial charge in [0.2, 0.25) is 0 Å². The van der Waals surface area contributed by atoms with Crippen LogP contribution >= 0.6 is 11.6 Å². The SMILES string of the molecule is CC=CCC1COC(c2ccc(C3CCC(C4CCC(C(F)(F)Oc5ccc(Cl)c(F)c5)CC4)CC3)c(F)c2)OC1. The van der Waals surface area contributed by atoms with Gasteiger partial charge in [0.15, 0.2) is 6.29 Å². The predicted octanol–water partition coefficient (Wildman–Crippen LogP) is 10.00. The van der Waals surface area contributed by atoms with E-state index in [1.54, 1.807) is 6.07 Å². The minimum Gasteiger partial charge on any atom is -0.432 e. The average Bonchev–Trinajstić information content (AvgIpc) is 2.98. The van der Waals surface area contributed by atoms with Gasteiger partial charge in [-0.05, 0) is 106 Å². The molecule has 0 amide bonds. The normalized spacial score (nSPS) is 29.5. The zero-order valence-electron chi connectivity index (χ0n) is 23.5. The summed E-state index contributed by atoms with van der Waals surface area (Å²) < 4.78 is 75.2. The maximum atomic E-state index is 15.2. The van der Waals surface area contributed by atoms with Crippen molar-refractivity contribution in [1.82, 2.24) is 0 Å². The summed E-state index contributed by atoms with van der Waals surface area (Å²) in [6.45, 7) is 3.18. The van der Waals surface area contributed by atoms with Crippen molar-refractivity contribution in [3.63, 3.8) is 0 Å². The molecular formula is C33H39ClF4O3. The summed E-state index contributed by atoms with van der Waals surface area (Å²) >= 11 is 5.65. The van der Waals surface area contributed by atoms with Gasteiger partial charge in [-0.15, -0.1) is 0 Å². The first-order valence-electron chi connectivity index (χ1n) is 14.9. The van der Waals surface area contributed by atoms with Crippen LogP contribution in [0.5, 0.6) is 5.75 Å². The third kappa shape index (κ3) is 7.47. The van der Waals surface area contributed by atoms with E-state index in [0.717, 1.165) is 43.7 Å². The molecule has 0 atom stereocenters. The third-order valence-electron chi connectivity index (χ3n) is 9.24. The van der Waals surface area contributed by atoms with E-state index < -0.39 is 24.1 Å². The van der Waals surface area contributed by atoms with Crippen molar-refractivity contribution in [1.29, 1.82) is 0 Å². The van der Waals surface area contributed by atoms with Gasteiger partial charge >= 0.3 is 6.11 Å². The summed E-state index contributed by atoms with van der Waals surface area (Å²) in [6, 6.07) is 8.74. The smallest absolute Gasteiger partial charge is 0.400 e. The summed E-state index contributed by atoms with van der Waals surface area (Å²) in [5.74, 6) is -0.777. The van der Waals surface area contributed by atoms with Gasteiger partial charge in [0, 0.05) is 17.5 Å². The molecule has 0 aromatic heterocycles. The second kappa shape index (κ2) is 13.5. The molecule has 8 heteroatoms. The van der Waals surface area contributed by atoms with E-state index >= 15 is 4.39 Å². The zero-order chi connectivity index (χ0) is 29.0. The van der Waals surface area contributed by atoms with Crippen LogP contribution in [0.1, 0.15) is 88.0 Å². The Hall–Kier alpha value is -2.09. The summed E-state index contributed by atoms with van der Waals surface area (Å²) in [6.07, 6.45) is 7.04. The molecule has 2 saturated carbocycles. The number of allylic oxidation sites excluding steroid dienone is 2. The second-order valence-corrected chi connectivity index (χ2v) is 12.3. The molecule has 5 rings (SSSR count). The number of alkyl halides is 2. The first kappa shape index (κ1) is 30.4. The molecule has 0 N–H and O–H groups in total. The molecule has 2 aliphatic carbocycles. The molecule has 3 nitrogen and oxygen atoms in total. The minimum absolute atomic E-state index is 0.131. The van der Waals surface area contributed by atoms with E-state index in [1.807, 2.05) is 25.1 Å². The lowest BCUT2D eigenvalue weighted by atomic mass is 9.68. The number of hydrogen-bond acceptors (Lipinski definition) is 3. The van der Waals surface area contributed by atoms with Gasteiger partial charge in [0.25, 0.3) is 0 Å². The Labute approximate surface area is 245 Å². The van der Waals surface area contributed by atoms with Gasteiger partial charge < -0.3 is 14.2 Å². The Balaban J connectivity index is 1.08. The summed E-state index contributed by atoms with van der Waals surface area (Å²) in [4.78, 5) is 0. The van der Waals surface area contributed by atoms with Crippen LogP contribution in [0.25, 0.3) is 0 Å². The quantitative estimate of drug-likeness (QED) is 0.225. The second-order valence-electron chi connectivity index (χ2n) is 11.9. The van der Waals surface area contributed by atoms with Crippen LogP contribution in [0.3, 0.4) is 0 Å². The molecule has 0 unspecified atom stereocenters. The number of hydrogen-bond donors (Lipinski definition) is 0. The first-order chi connectivity index (χ1) is 19.7. The highest BCUT2D eigenvalue weighted by Crippen LogP contribution is 2.47. The fourth-order valence-corrected chi connectivity index (χ4v) is 6.95. The van der Waals surface area contributed by atoms with Crippen LogP contribution in [0, 0.1) is 35.3 Å². The molecule has 2 aromatic carbocycles. The van der Waals surface area contributed by atoms with E-state index in [-0.39, 0.29) is 22.5 Å². The molecule has 1 heterocycles. The Bertz CT molecular complexity index is 1180. The highest BCUT2D eigenvalue weighted by molar-refractivity contribution is 6.30. The predicted molar refractivity (Wildman–Crippen MR) is 151 cm³/mol. The monoisotopic (exact) mass is 594 g/mol. The van der Waals surface area contributed by atoms with Crippen LogP contribution in [0.4, 0.5) is 17.6 Å².